The predicted octanol–water partition coefficient (Wildman–Crippen LogP) is 3.88. The Labute approximate surface area is 134 Å². The van der Waals surface area contributed by atoms with E-state index in [1.54, 1.807) is 12.1 Å². The van der Waals surface area contributed by atoms with Gasteiger partial charge in [0.2, 0.25) is 5.89 Å². The summed E-state index contributed by atoms with van der Waals surface area (Å²) in [6.45, 7) is 4.28. The molecular weight excluding hydrogens is 309 g/mol. The van der Waals surface area contributed by atoms with Crippen LogP contribution in [0.15, 0.2) is 22.7 Å². The molecule has 0 spiro atoms. The molecule has 0 radical (unpaired) electrons. The predicted molar refractivity (Wildman–Crippen MR) is 84.7 cm³/mol. The average Bonchev–Trinajstić information content (AvgIpc) is 2.79. The Morgan fingerprint density at radius 3 is 2.71 bits per heavy atom. The van der Waals surface area contributed by atoms with Crippen LogP contribution in [-0.2, 0) is 12.8 Å². The summed E-state index contributed by atoms with van der Waals surface area (Å²) >= 11 is 12.0. The third-order valence-electron chi connectivity index (χ3n) is 3.08. The third kappa shape index (κ3) is 4.99. The van der Waals surface area contributed by atoms with Crippen LogP contribution in [0, 0.1) is 5.92 Å². The van der Waals surface area contributed by atoms with E-state index in [2.05, 4.69) is 24.0 Å². The van der Waals surface area contributed by atoms with Gasteiger partial charge in [0, 0.05) is 28.9 Å². The molecule has 0 saturated heterocycles. The maximum atomic E-state index is 6.14. The first-order valence-corrected chi connectivity index (χ1v) is 7.70. The van der Waals surface area contributed by atoms with Gasteiger partial charge in [0.25, 0.3) is 0 Å². The number of nitrogens with two attached hydrogens (primary N) is 1. The molecule has 0 aliphatic carbocycles. The van der Waals surface area contributed by atoms with Crippen LogP contribution in [0.3, 0.4) is 0 Å². The lowest BCUT2D eigenvalue weighted by atomic mass is 10.0. The van der Waals surface area contributed by atoms with Gasteiger partial charge in [-0.3, -0.25) is 0 Å². The average molecular weight is 328 g/mol. The van der Waals surface area contributed by atoms with E-state index in [4.69, 9.17) is 33.5 Å². The second kappa shape index (κ2) is 7.25. The molecule has 0 amide bonds. The van der Waals surface area contributed by atoms with Gasteiger partial charge in [-0.15, -0.1) is 0 Å². The fourth-order valence-corrected chi connectivity index (χ4v) is 2.67. The van der Waals surface area contributed by atoms with Crippen LogP contribution in [0.4, 0.5) is 0 Å². The molecule has 1 aromatic heterocycles. The molecule has 2 aromatic rings. The zero-order chi connectivity index (χ0) is 15.4. The van der Waals surface area contributed by atoms with Crippen molar-refractivity contribution in [2.75, 3.05) is 0 Å². The van der Waals surface area contributed by atoms with E-state index in [1.165, 1.54) is 0 Å². The van der Waals surface area contributed by atoms with E-state index in [0.29, 0.717) is 40.5 Å². The molecule has 0 aliphatic heterocycles. The lowest BCUT2D eigenvalue weighted by molar-refractivity contribution is 0.355. The molecule has 4 nitrogen and oxygen atoms in total. The van der Waals surface area contributed by atoms with Crippen LogP contribution in [0.1, 0.15) is 37.5 Å². The number of aromatic nitrogens is 2. The van der Waals surface area contributed by atoms with Gasteiger partial charge < -0.3 is 10.3 Å². The molecule has 1 heterocycles. The number of benzene rings is 1. The summed E-state index contributed by atoms with van der Waals surface area (Å²) in [4.78, 5) is 4.37. The lowest BCUT2D eigenvalue weighted by Crippen LogP contribution is -2.24. The summed E-state index contributed by atoms with van der Waals surface area (Å²) in [5.74, 6) is 1.73. The van der Waals surface area contributed by atoms with Crippen molar-refractivity contribution in [3.05, 3.63) is 45.5 Å². The van der Waals surface area contributed by atoms with Gasteiger partial charge in [0.05, 0.1) is 0 Å². The summed E-state index contributed by atoms with van der Waals surface area (Å²) in [5, 5.41) is 5.18. The monoisotopic (exact) mass is 327 g/mol. The number of rotatable bonds is 6. The van der Waals surface area contributed by atoms with Crippen LogP contribution < -0.4 is 5.73 Å². The second-order valence-corrected chi connectivity index (χ2v) is 6.45. The first kappa shape index (κ1) is 16.3. The molecule has 1 atom stereocenters. The van der Waals surface area contributed by atoms with E-state index >= 15 is 0 Å². The summed E-state index contributed by atoms with van der Waals surface area (Å²) in [6, 6.07) is 5.41. The topological polar surface area (TPSA) is 64.9 Å². The third-order valence-corrected chi connectivity index (χ3v) is 3.67. The Kier molecular flexibility index (Phi) is 5.62. The van der Waals surface area contributed by atoms with Gasteiger partial charge >= 0.3 is 0 Å². The van der Waals surface area contributed by atoms with E-state index < -0.39 is 0 Å². The van der Waals surface area contributed by atoms with Gasteiger partial charge in [0.1, 0.15) is 0 Å². The highest BCUT2D eigenvalue weighted by Gasteiger charge is 2.13. The number of nitrogens with zero attached hydrogens (tertiary/aromatic N) is 2. The van der Waals surface area contributed by atoms with E-state index in [-0.39, 0.29) is 6.04 Å². The van der Waals surface area contributed by atoms with Crippen molar-refractivity contribution in [3.8, 4) is 0 Å². The maximum Gasteiger partial charge on any atom is 0.228 e. The van der Waals surface area contributed by atoms with Crippen LogP contribution in [0.5, 0.6) is 0 Å². The van der Waals surface area contributed by atoms with Gasteiger partial charge in [-0.25, -0.2) is 0 Å². The largest absolute Gasteiger partial charge is 0.339 e. The van der Waals surface area contributed by atoms with E-state index in [0.717, 1.165) is 12.0 Å². The summed E-state index contributed by atoms with van der Waals surface area (Å²) < 4.78 is 5.24. The maximum absolute atomic E-state index is 6.14. The van der Waals surface area contributed by atoms with Crippen LogP contribution in [0.25, 0.3) is 0 Å². The number of hydrogen-bond donors (Lipinski definition) is 1. The molecule has 0 fully saturated rings. The number of hydrogen-bond acceptors (Lipinski definition) is 4. The molecule has 0 bridgehead atoms. The fourth-order valence-electron chi connectivity index (χ4n) is 2.19. The molecule has 2 N–H and O–H groups in total. The van der Waals surface area contributed by atoms with E-state index in [1.807, 2.05) is 6.07 Å². The van der Waals surface area contributed by atoms with Gasteiger partial charge in [-0.1, -0.05) is 48.3 Å². The van der Waals surface area contributed by atoms with Crippen LogP contribution in [0.2, 0.25) is 10.0 Å². The van der Waals surface area contributed by atoms with Crippen molar-refractivity contribution in [3.63, 3.8) is 0 Å². The normalized spacial score (nSPS) is 12.9. The highest BCUT2D eigenvalue weighted by atomic mass is 35.5. The molecule has 114 valence electrons. The molecule has 6 heteroatoms. The Balaban J connectivity index is 1.99. The standard InChI is InChI=1S/C15H19Cl2N3O/c1-9(2)5-12(18)8-15-19-14(20-21-15)6-10-3-4-11(16)7-13(10)17/h3-4,7,9,12H,5-6,8,18H2,1-2H3. The van der Waals surface area contributed by atoms with Gasteiger partial charge in [-0.05, 0) is 30.0 Å². The van der Waals surface area contributed by atoms with Crippen LogP contribution >= 0.6 is 23.2 Å². The second-order valence-electron chi connectivity index (χ2n) is 5.61. The minimum Gasteiger partial charge on any atom is -0.339 e. The molecule has 1 aromatic carbocycles. The quantitative estimate of drug-likeness (QED) is 0.874. The zero-order valence-electron chi connectivity index (χ0n) is 12.1. The van der Waals surface area contributed by atoms with E-state index in [9.17, 15) is 0 Å². The minimum atomic E-state index is 0.0393. The first-order valence-electron chi connectivity index (χ1n) is 6.95. The zero-order valence-corrected chi connectivity index (χ0v) is 13.7. The molecule has 2 rings (SSSR count). The Hall–Kier alpha value is -1.10. The smallest absolute Gasteiger partial charge is 0.228 e. The van der Waals surface area contributed by atoms with Crippen molar-refractivity contribution in [2.24, 2.45) is 11.7 Å². The van der Waals surface area contributed by atoms with Crippen molar-refractivity contribution < 1.29 is 4.52 Å². The van der Waals surface area contributed by atoms with Gasteiger partial charge in [0.15, 0.2) is 5.82 Å². The Morgan fingerprint density at radius 2 is 2.05 bits per heavy atom. The Morgan fingerprint density at radius 1 is 1.29 bits per heavy atom. The molecule has 1 unspecified atom stereocenters. The molecule has 0 aliphatic rings. The van der Waals surface area contributed by atoms with Crippen molar-refractivity contribution in [1.82, 2.24) is 10.1 Å². The van der Waals surface area contributed by atoms with Crippen molar-refractivity contribution in [1.29, 1.82) is 0 Å². The summed E-state index contributed by atoms with van der Waals surface area (Å²) in [5.41, 5.74) is 6.96. The number of halogens is 2. The molecule has 21 heavy (non-hydrogen) atoms. The first-order chi connectivity index (χ1) is 9.94. The summed E-state index contributed by atoms with van der Waals surface area (Å²) in [7, 11) is 0. The SMILES string of the molecule is CC(C)CC(N)Cc1nc(Cc2ccc(Cl)cc2Cl)no1. The van der Waals surface area contributed by atoms with Crippen molar-refractivity contribution >= 4 is 23.2 Å². The Bertz CT molecular complexity index is 598. The van der Waals surface area contributed by atoms with Crippen molar-refractivity contribution in [2.45, 2.75) is 39.2 Å². The minimum absolute atomic E-state index is 0.0393. The molecule has 0 saturated carbocycles. The summed E-state index contributed by atoms with van der Waals surface area (Å²) in [6.07, 6.45) is 2.04. The lowest BCUT2D eigenvalue weighted by Gasteiger charge is -2.10. The van der Waals surface area contributed by atoms with Gasteiger partial charge in [-0.2, -0.15) is 4.98 Å². The highest BCUT2D eigenvalue weighted by Crippen LogP contribution is 2.22. The highest BCUT2D eigenvalue weighted by molar-refractivity contribution is 6.35. The van der Waals surface area contributed by atoms with Crippen LogP contribution in [-0.4, -0.2) is 16.2 Å². The fraction of sp³-hybridized carbons (Fsp3) is 0.467. The molecular formula is C15H19Cl2N3O.